The molecular weight excluding hydrogens is 335 g/mol. The second-order valence-electron chi connectivity index (χ2n) is 4.92. The van der Waals surface area contributed by atoms with Gasteiger partial charge >= 0.3 is 6.18 Å². The zero-order chi connectivity index (χ0) is 16.3. The summed E-state index contributed by atoms with van der Waals surface area (Å²) in [6.45, 7) is 0.810. The number of amides is 2. The second kappa shape index (κ2) is 7.65. The molecule has 2 rings (SSSR count). The van der Waals surface area contributed by atoms with Crippen LogP contribution >= 0.6 is 12.4 Å². The summed E-state index contributed by atoms with van der Waals surface area (Å²) in [5.74, 6) is -0.907. The maximum Gasteiger partial charge on any atom is 0.417 e. The van der Waals surface area contributed by atoms with Gasteiger partial charge in [-0.2, -0.15) is 13.2 Å². The van der Waals surface area contributed by atoms with Crippen LogP contribution in [0, 0.1) is 0 Å². The van der Waals surface area contributed by atoms with Crippen LogP contribution in [-0.2, 0) is 11.0 Å². The average Bonchev–Trinajstić information content (AvgIpc) is 2.52. The Hall–Kier alpha value is -1.80. The van der Waals surface area contributed by atoms with Crippen LogP contribution in [0.3, 0.4) is 0 Å². The Bertz CT molecular complexity index is 573. The lowest BCUT2D eigenvalue weighted by Gasteiger charge is -2.35. The average molecular weight is 352 g/mol. The van der Waals surface area contributed by atoms with E-state index in [9.17, 15) is 22.8 Å². The summed E-state index contributed by atoms with van der Waals surface area (Å²) in [6.07, 6.45) is -4.58. The Morgan fingerprint density at radius 3 is 2.09 bits per heavy atom. The fourth-order valence-electron chi connectivity index (χ4n) is 2.38. The van der Waals surface area contributed by atoms with Crippen molar-refractivity contribution in [1.29, 1.82) is 0 Å². The third-order valence-corrected chi connectivity index (χ3v) is 3.56. The third-order valence-electron chi connectivity index (χ3n) is 3.56. The Balaban J connectivity index is 0.00000264. The molecule has 0 saturated carbocycles. The molecule has 0 bridgehead atoms. The van der Waals surface area contributed by atoms with Gasteiger partial charge in [-0.05, 0) is 12.1 Å². The number of carbonyl (C=O) groups excluding carboxylic acids is 2. The smallest absolute Gasteiger partial charge is 0.338 e. The zero-order valence-electron chi connectivity index (χ0n) is 12.2. The van der Waals surface area contributed by atoms with Crippen molar-refractivity contribution in [3.05, 3.63) is 35.4 Å². The zero-order valence-corrected chi connectivity index (χ0v) is 13.0. The van der Waals surface area contributed by atoms with Gasteiger partial charge < -0.3 is 15.5 Å². The predicted molar refractivity (Wildman–Crippen MR) is 80.2 cm³/mol. The van der Waals surface area contributed by atoms with Gasteiger partial charge in [0, 0.05) is 26.2 Å². The maximum atomic E-state index is 13.0. The molecule has 0 aromatic heterocycles. The van der Waals surface area contributed by atoms with Crippen molar-refractivity contribution in [2.24, 2.45) is 5.73 Å². The van der Waals surface area contributed by atoms with Crippen LogP contribution in [0.4, 0.5) is 13.2 Å². The summed E-state index contributed by atoms with van der Waals surface area (Å²) in [5.41, 5.74) is 3.95. The quantitative estimate of drug-likeness (QED) is 0.875. The van der Waals surface area contributed by atoms with E-state index < -0.39 is 17.6 Å². The Labute approximate surface area is 137 Å². The first-order valence-corrected chi connectivity index (χ1v) is 6.78. The van der Waals surface area contributed by atoms with Crippen LogP contribution in [0.15, 0.2) is 24.3 Å². The van der Waals surface area contributed by atoms with E-state index in [1.54, 1.807) is 0 Å². The lowest BCUT2D eigenvalue weighted by atomic mass is 10.1. The van der Waals surface area contributed by atoms with Crippen LogP contribution in [0.25, 0.3) is 0 Å². The first-order chi connectivity index (χ1) is 10.3. The predicted octanol–water partition coefficient (Wildman–Crippen LogP) is 1.37. The molecule has 1 aliphatic rings. The monoisotopic (exact) mass is 351 g/mol. The Morgan fingerprint density at radius 2 is 1.57 bits per heavy atom. The highest BCUT2D eigenvalue weighted by Gasteiger charge is 2.36. The molecule has 1 aromatic rings. The standard InChI is InChI=1S/C14H16F3N3O2.ClH/c15-14(16,17)11-4-2-1-3-10(11)13(22)20-7-5-19(6-8-20)12(21)9-18;/h1-4H,5-9,18H2;1H. The van der Waals surface area contributed by atoms with Crippen molar-refractivity contribution in [2.45, 2.75) is 6.18 Å². The minimum Gasteiger partial charge on any atom is -0.338 e. The van der Waals surface area contributed by atoms with Crippen molar-refractivity contribution in [2.75, 3.05) is 32.7 Å². The van der Waals surface area contributed by atoms with Crippen LogP contribution < -0.4 is 5.73 Å². The number of benzene rings is 1. The van der Waals surface area contributed by atoms with Crippen LogP contribution in [0.2, 0.25) is 0 Å². The number of nitrogens with zero attached hydrogens (tertiary/aromatic N) is 2. The van der Waals surface area contributed by atoms with E-state index in [1.165, 1.54) is 28.0 Å². The normalized spacial score (nSPS) is 15.1. The second-order valence-corrected chi connectivity index (χ2v) is 4.92. The number of rotatable bonds is 2. The summed E-state index contributed by atoms with van der Waals surface area (Å²) in [7, 11) is 0. The Kier molecular flexibility index (Phi) is 6.40. The topological polar surface area (TPSA) is 66.6 Å². The molecule has 0 atom stereocenters. The molecule has 1 fully saturated rings. The molecule has 5 nitrogen and oxygen atoms in total. The van der Waals surface area contributed by atoms with Gasteiger partial charge in [-0.3, -0.25) is 9.59 Å². The van der Waals surface area contributed by atoms with E-state index in [0.29, 0.717) is 0 Å². The van der Waals surface area contributed by atoms with E-state index in [1.807, 2.05) is 0 Å². The van der Waals surface area contributed by atoms with Crippen LogP contribution in [-0.4, -0.2) is 54.3 Å². The lowest BCUT2D eigenvalue weighted by molar-refractivity contribution is -0.138. The van der Waals surface area contributed by atoms with Crippen LogP contribution in [0.1, 0.15) is 15.9 Å². The molecule has 9 heteroatoms. The minimum absolute atomic E-state index is 0. The minimum atomic E-state index is -4.58. The van der Waals surface area contributed by atoms with Gasteiger partial charge in [0.05, 0.1) is 17.7 Å². The molecule has 1 aliphatic heterocycles. The number of hydrogen-bond acceptors (Lipinski definition) is 3. The largest absolute Gasteiger partial charge is 0.417 e. The Morgan fingerprint density at radius 1 is 1.04 bits per heavy atom. The van der Waals surface area contributed by atoms with Gasteiger partial charge in [-0.15, -0.1) is 12.4 Å². The van der Waals surface area contributed by atoms with Gasteiger partial charge in [0.2, 0.25) is 5.91 Å². The molecule has 2 N–H and O–H groups in total. The van der Waals surface area contributed by atoms with Gasteiger partial charge in [0.1, 0.15) is 0 Å². The molecule has 1 aromatic carbocycles. The van der Waals surface area contributed by atoms with E-state index in [4.69, 9.17) is 5.73 Å². The van der Waals surface area contributed by atoms with Gasteiger partial charge in [-0.1, -0.05) is 12.1 Å². The van der Waals surface area contributed by atoms with Crippen molar-refractivity contribution in [1.82, 2.24) is 9.80 Å². The van der Waals surface area contributed by atoms with E-state index in [-0.39, 0.29) is 56.6 Å². The molecule has 0 unspecified atom stereocenters. The highest BCUT2D eigenvalue weighted by atomic mass is 35.5. The number of carbonyl (C=O) groups is 2. The molecule has 128 valence electrons. The first-order valence-electron chi connectivity index (χ1n) is 6.78. The fourth-order valence-corrected chi connectivity index (χ4v) is 2.38. The summed E-state index contributed by atoms with van der Waals surface area (Å²) in [5, 5.41) is 0. The van der Waals surface area contributed by atoms with E-state index >= 15 is 0 Å². The van der Waals surface area contributed by atoms with E-state index in [0.717, 1.165) is 6.07 Å². The molecule has 1 heterocycles. The fraction of sp³-hybridized carbons (Fsp3) is 0.429. The lowest BCUT2D eigenvalue weighted by Crippen LogP contribution is -2.52. The van der Waals surface area contributed by atoms with Crippen molar-refractivity contribution < 1.29 is 22.8 Å². The molecule has 1 saturated heterocycles. The van der Waals surface area contributed by atoms with Gasteiger partial charge in [0.15, 0.2) is 0 Å². The number of hydrogen-bond donors (Lipinski definition) is 1. The molecule has 0 aliphatic carbocycles. The number of halogens is 4. The number of piperazine rings is 1. The van der Waals surface area contributed by atoms with Crippen molar-refractivity contribution >= 4 is 24.2 Å². The third kappa shape index (κ3) is 4.35. The van der Waals surface area contributed by atoms with Crippen molar-refractivity contribution in [3.63, 3.8) is 0 Å². The van der Waals surface area contributed by atoms with E-state index in [2.05, 4.69) is 0 Å². The molecule has 2 amide bonds. The number of nitrogens with two attached hydrogens (primary N) is 1. The SMILES string of the molecule is Cl.NCC(=O)N1CCN(C(=O)c2ccccc2C(F)(F)F)CC1. The van der Waals surface area contributed by atoms with Crippen molar-refractivity contribution in [3.8, 4) is 0 Å². The summed E-state index contributed by atoms with van der Waals surface area (Å²) < 4.78 is 38.9. The van der Waals surface area contributed by atoms with Gasteiger partial charge in [0.25, 0.3) is 5.91 Å². The summed E-state index contributed by atoms with van der Waals surface area (Å²) >= 11 is 0. The molecular formula is C14H17ClF3N3O2. The maximum absolute atomic E-state index is 13.0. The highest BCUT2D eigenvalue weighted by molar-refractivity contribution is 5.96. The number of alkyl halides is 3. The van der Waals surface area contributed by atoms with Crippen LogP contribution in [0.5, 0.6) is 0 Å². The summed E-state index contributed by atoms with van der Waals surface area (Å²) in [4.78, 5) is 26.6. The van der Waals surface area contributed by atoms with Gasteiger partial charge in [-0.25, -0.2) is 0 Å². The summed E-state index contributed by atoms with van der Waals surface area (Å²) in [6, 6.07) is 4.71. The first kappa shape index (κ1) is 19.2. The molecule has 0 radical (unpaired) electrons. The molecule has 23 heavy (non-hydrogen) atoms. The molecule has 0 spiro atoms. The highest BCUT2D eigenvalue weighted by Crippen LogP contribution is 2.32.